The van der Waals surface area contributed by atoms with E-state index in [4.69, 9.17) is 10.5 Å². The molecule has 0 heterocycles. The van der Waals surface area contributed by atoms with Crippen molar-refractivity contribution in [1.29, 1.82) is 0 Å². The minimum Gasteiger partial charge on any atom is -0.383 e. The molecule has 4 nitrogen and oxygen atoms in total. The number of unbranched alkanes of at least 4 members (excludes halogenated alkanes) is 3. The first-order chi connectivity index (χ1) is 10.3. The standard InChI is InChI=1S/C17H28N2O2/c1-21-14-13-19(15-16-9-5-4-6-10-16)17(20)11-7-2-3-8-12-18/h4-6,9-10H,2-3,7-8,11-15,18H2,1H3. The van der Waals surface area contributed by atoms with E-state index < -0.39 is 0 Å². The molecule has 21 heavy (non-hydrogen) atoms. The summed E-state index contributed by atoms with van der Waals surface area (Å²) in [5, 5.41) is 0. The lowest BCUT2D eigenvalue weighted by atomic mass is 10.1. The fraction of sp³-hybridized carbons (Fsp3) is 0.588. The van der Waals surface area contributed by atoms with E-state index in [2.05, 4.69) is 0 Å². The maximum Gasteiger partial charge on any atom is 0.222 e. The van der Waals surface area contributed by atoms with Gasteiger partial charge in [0.05, 0.1) is 6.61 Å². The fourth-order valence-corrected chi connectivity index (χ4v) is 2.23. The van der Waals surface area contributed by atoms with Crippen LogP contribution in [0.1, 0.15) is 37.7 Å². The number of hydrogen-bond donors (Lipinski definition) is 1. The lowest BCUT2D eigenvalue weighted by molar-refractivity contribution is -0.132. The molecule has 0 bridgehead atoms. The Hall–Kier alpha value is -1.39. The number of hydrogen-bond acceptors (Lipinski definition) is 3. The second-order valence-corrected chi connectivity index (χ2v) is 5.25. The van der Waals surface area contributed by atoms with Gasteiger partial charge in [0.1, 0.15) is 0 Å². The van der Waals surface area contributed by atoms with Gasteiger partial charge in [0.2, 0.25) is 5.91 Å². The van der Waals surface area contributed by atoms with Gasteiger partial charge in [-0.2, -0.15) is 0 Å². The van der Waals surface area contributed by atoms with Crippen LogP contribution < -0.4 is 5.73 Å². The molecule has 118 valence electrons. The Bertz CT molecular complexity index is 382. The van der Waals surface area contributed by atoms with Crippen LogP contribution in [0.5, 0.6) is 0 Å². The van der Waals surface area contributed by atoms with Crippen molar-refractivity contribution in [3.8, 4) is 0 Å². The molecule has 1 amide bonds. The molecule has 0 aromatic heterocycles. The van der Waals surface area contributed by atoms with E-state index in [0.29, 0.717) is 26.1 Å². The lowest BCUT2D eigenvalue weighted by Crippen LogP contribution is -2.33. The van der Waals surface area contributed by atoms with E-state index in [1.54, 1.807) is 7.11 Å². The number of amides is 1. The van der Waals surface area contributed by atoms with Crippen LogP contribution in [0.3, 0.4) is 0 Å². The van der Waals surface area contributed by atoms with E-state index in [9.17, 15) is 4.79 Å². The molecule has 2 N–H and O–H groups in total. The Morgan fingerprint density at radius 3 is 2.52 bits per heavy atom. The van der Waals surface area contributed by atoms with Crippen LogP contribution in [-0.4, -0.2) is 37.6 Å². The molecule has 0 atom stereocenters. The van der Waals surface area contributed by atoms with Crippen LogP contribution in [0.15, 0.2) is 30.3 Å². The average molecular weight is 292 g/mol. The number of carbonyl (C=O) groups is 1. The van der Waals surface area contributed by atoms with E-state index in [-0.39, 0.29) is 5.91 Å². The highest BCUT2D eigenvalue weighted by atomic mass is 16.5. The number of nitrogens with zero attached hydrogens (tertiary/aromatic N) is 1. The maximum atomic E-state index is 12.3. The summed E-state index contributed by atoms with van der Waals surface area (Å²) < 4.78 is 5.11. The first kappa shape index (κ1) is 17.7. The van der Waals surface area contributed by atoms with Crippen LogP contribution in [0.25, 0.3) is 0 Å². The molecule has 0 aliphatic heterocycles. The minimum atomic E-state index is 0.212. The van der Waals surface area contributed by atoms with Gasteiger partial charge in [-0.25, -0.2) is 0 Å². The van der Waals surface area contributed by atoms with Crippen molar-refractivity contribution in [1.82, 2.24) is 4.90 Å². The topological polar surface area (TPSA) is 55.6 Å². The molecule has 0 fully saturated rings. The zero-order chi connectivity index (χ0) is 15.3. The zero-order valence-corrected chi connectivity index (χ0v) is 13.1. The molecule has 1 aromatic carbocycles. The summed E-state index contributed by atoms with van der Waals surface area (Å²) in [6, 6.07) is 10.1. The number of nitrogens with two attached hydrogens (primary N) is 1. The van der Waals surface area contributed by atoms with Gasteiger partial charge in [-0.05, 0) is 24.9 Å². The van der Waals surface area contributed by atoms with Crippen molar-refractivity contribution in [3.63, 3.8) is 0 Å². The average Bonchev–Trinajstić information content (AvgIpc) is 2.52. The molecule has 0 radical (unpaired) electrons. The van der Waals surface area contributed by atoms with Crippen molar-refractivity contribution in [2.45, 2.75) is 38.6 Å². The normalized spacial score (nSPS) is 10.6. The number of carbonyl (C=O) groups excluding carboxylic acids is 1. The first-order valence-electron chi connectivity index (χ1n) is 7.78. The van der Waals surface area contributed by atoms with Crippen LogP contribution >= 0.6 is 0 Å². The van der Waals surface area contributed by atoms with Gasteiger partial charge in [-0.3, -0.25) is 4.79 Å². The van der Waals surface area contributed by atoms with Crippen LogP contribution in [0.4, 0.5) is 0 Å². The maximum absolute atomic E-state index is 12.3. The Labute approximate surface area is 128 Å². The van der Waals surface area contributed by atoms with Gasteiger partial charge in [0, 0.05) is 26.6 Å². The van der Waals surface area contributed by atoms with Crippen molar-refractivity contribution in [2.75, 3.05) is 26.8 Å². The molecule has 0 saturated carbocycles. The summed E-state index contributed by atoms with van der Waals surface area (Å²) in [4.78, 5) is 14.2. The Kier molecular flexibility index (Phi) is 9.49. The second kappa shape index (κ2) is 11.3. The highest BCUT2D eigenvalue weighted by Gasteiger charge is 2.13. The lowest BCUT2D eigenvalue weighted by Gasteiger charge is -2.22. The zero-order valence-electron chi connectivity index (χ0n) is 13.1. The third-order valence-electron chi connectivity index (χ3n) is 3.48. The van der Waals surface area contributed by atoms with Gasteiger partial charge < -0.3 is 15.4 Å². The molecular formula is C17H28N2O2. The van der Waals surface area contributed by atoms with E-state index in [1.807, 2.05) is 35.2 Å². The van der Waals surface area contributed by atoms with Crippen molar-refractivity contribution in [2.24, 2.45) is 5.73 Å². The van der Waals surface area contributed by atoms with E-state index >= 15 is 0 Å². The van der Waals surface area contributed by atoms with Crippen LogP contribution in [0.2, 0.25) is 0 Å². The molecule has 0 aliphatic carbocycles. The molecule has 0 aliphatic rings. The first-order valence-corrected chi connectivity index (χ1v) is 7.78. The smallest absolute Gasteiger partial charge is 0.222 e. The summed E-state index contributed by atoms with van der Waals surface area (Å²) in [6.07, 6.45) is 4.79. The predicted octanol–water partition coefficient (Wildman–Crippen LogP) is 2.57. The van der Waals surface area contributed by atoms with Gasteiger partial charge >= 0.3 is 0 Å². The predicted molar refractivity (Wildman–Crippen MR) is 85.9 cm³/mol. The number of ether oxygens (including phenoxy) is 1. The Balaban J connectivity index is 2.42. The van der Waals surface area contributed by atoms with Crippen molar-refractivity contribution >= 4 is 5.91 Å². The van der Waals surface area contributed by atoms with Gasteiger partial charge in [-0.1, -0.05) is 43.2 Å². The van der Waals surface area contributed by atoms with Gasteiger partial charge in [0.25, 0.3) is 0 Å². The molecule has 1 rings (SSSR count). The Morgan fingerprint density at radius 1 is 1.14 bits per heavy atom. The van der Waals surface area contributed by atoms with Crippen molar-refractivity contribution < 1.29 is 9.53 Å². The summed E-state index contributed by atoms with van der Waals surface area (Å²) in [5.74, 6) is 0.212. The fourth-order valence-electron chi connectivity index (χ4n) is 2.23. The number of methoxy groups -OCH3 is 1. The quantitative estimate of drug-likeness (QED) is 0.638. The van der Waals surface area contributed by atoms with E-state index in [1.165, 1.54) is 0 Å². The monoisotopic (exact) mass is 292 g/mol. The number of benzene rings is 1. The number of rotatable bonds is 11. The molecule has 4 heteroatoms. The summed E-state index contributed by atoms with van der Waals surface area (Å²) in [7, 11) is 1.66. The molecule has 0 saturated heterocycles. The Morgan fingerprint density at radius 2 is 1.86 bits per heavy atom. The molecule has 0 unspecified atom stereocenters. The SMILES string of the molecule is COCCN(Cc1ccccc1)C(=O)CCCCCCN. The molecule has 0 spiro atoms. The highest BCUT2D eigenvalue weighted by molar-refractivity contribution is 5.76. The minimum absolute atomic E-state index is 0.212. The summed E-state index contributed by atoms with van der Waals surface area (Å²) in [5.41, 5.74) is 6.63. The summed E-state index contributed by atoms with van der Waals surface area (Å²) in [6.45, 7) is 2.62. The second-order valence-electron chi connectivity index (χ2n) is 5.25. The molecular weight excluding hydrogens is 264 g/mol. The molecule has 1 aromatic rings. The third-order valence-corrected chi connectivity index (χ3v) is 3.48. The van der Waals surface area contributed by atoms with Gasteiger partial charge in [0.15, 0.2) is 0 Å². The third kappa shape index (κ3) is 7.83. The van der Waals surface area contributed by atoms with Crippen molar-refractivity contribution in [3.05, 3.63) is 35.9 Å². The van der Waals surface area contributed by atoms with Gasteiger partial charge in [-0.15, -0.1) is 0 Å². The highest BCUT2D eigenvalue weighted by Crippen LogP contribution is 2.09. The largest absolute Gasteiger partial charge is 0.383 e. The summed E-state index contributed by atoms with van der Waals surface area (Å²) >= 11 is 0. The van der Waals surface area contributed by atoms with Crippen LogP contribution in [0, 0.1) is 0 Å². The van der Waals surface area contributed by atoms with E-state index in [0.717, 1.165) is 37.8 Å². The van der Waals surface area contributed by atoms with Crippen LogP contribution in [-0.2, 0) is 16.1 Å².